The molecule has 1 saturated heterocycles. The third-order valence-corrected chi connectivity index (χ3v) is 2.65. The molecule has 0 aromatic rings. The maximum atomic E-state index is 9.19. The molecule has 2 unspecified atom stereocenters. The van der Waals surface area contributed by atoms with Crippen LogP contribution < -0.4 is 0 Å². The molecular formula is C5H9BrO2. The molecule has 3 heteroatoms. The van der Waals surface area contributed by atoms with Crippen LogP contribution in [0, 0.1) is 0 Å². The fraction of sp³-hybridized carbons (Fsp3) is 1.00. The normalized spacial score (nSPS) is 47.6. The quantitative estimate of drug-likeness (QED) is 0.562. The van der Waals surface area contributed by atoms with Gasteiger partial charge in [0.25, 0.3) is 0 Å². The summed E-state index contributed by atoms with van der Waals surface area (Å²) in [6.07, 6.45) is 0.896. The van der Waals surface area contributed by atoms with Crippen molar-refractivity contribution in [2.24, 2.45) is 0 Å². The molecule has 1 rings (SSSR count). The summed E-state index contributed by atoms with van der Waals surface area (Å²) in [6.45, 7) is 2.32. The number of hydrogen-bond donors (Lipinski definition) is 1. The fourth-order valence-corrected chi connectivity index (χ4v) is 1.05. The van der Waals surface area contributed by atoms with Gasteiger partial charge in [-0.3, -0.25) is 0 Å². The van der Waals surface area contributed by atoms with E-state index in [-0.39, 0.29) is 4.83 Å². The monoisotopic (exact) mass is 180 g/mol. The van der Waals surface area contributed by atoms with Gasteiger partial charge in [-0.25, -0.2) is 0 Å². The first-order chi connectivity index (χ1) is 3.63. The van der Waals surface area contributed by atoms with Crippen molar-refractivity contribution >= 4 is 15.9 Å². The molecule has 0 amide bonds. The van der Waals surface area contributed by atoms with Gasteiger partial charge in [-0.15, -0.1) is 0 Å². The van der Waals surface area contributed by atoms with Crippen LogP contribution in [-0.2, 0) is 4.74 Å². The van der Waals surface area contributed by atoms with Crippen molar-refractivity contribution in [2.75, 3.05) is 6.61 Å². The number of alkyl halides is 1. The van der Waals surface area contributed by atoms with E-state index in [0.29, 0.717) is 6.61 Å². The molecule has 0 aromatic carbocycles. The first-order valence-corrected chi connectivity index (χ1v) is 3.55. The Kier molecular flexibility index (Phi) is 1.61. The van der Waals surface area contributed by atoms with Crippen LogP contribution in [0.4, 0.5) is 0 Å². The van der Waals surface area contributed by atoms with Gasteiger partial charge in [0.15, 0.2) is 5.79 Å². The third-order valence-electron chi connectivity index (χ3n) is 1.35. The second kappa shape index (κ2) is 1.97. The van der Waals surface area contributed by atoms with Gasteiger partial charge in [-0.05, 0) is 13.3 Å². The van der Waals surface area contributed by atoms with Gasteiger partial charge in [0.05, 0.1) is 11.4 Å². The van der Waals surface area contributed by atoms with E-state index in [1.165, 1.54) is 0 Å². The lowest BCUT2D eigenvalue weighted by Gasteiger charge is -2.18. The molecule has 0 saturated carbocycles. The molecule has 1 fully saturated rings. The highest BCUT2D eigenvalue weighted by molar-refractivity contribution is 9.09. The highest BCUT2D eigenvalue weighted by Crippen LogP contribution is 2.28. The minimum absolute atomic E-state index is 0.106. The van der Waals surface area contributed by atoms with Crippen LogP contribution in [0.1, 0.15) is 13.3 Å². The molecule has 1 aliphatic rings. The maximum Gasteiger partial charge on any atom is 0.175 e. The van der Waals surface area contributed by atoms with Crippen LogP contribution in [0.3, 0.4) is 0 Å². The number of aliphatic hydroxyl groups is 1. The zero-order chi connectivity index (χ0) is 6.20. The summed E-state index contributed by atoms with van der Waals surface area (Å²) in [5, 5.41) is 9.19. The Morgan fingerprint density at radius 2 is 2.50 bits per heavy atom. The summed E-state index contributed by atoms with van der Waals surface area (Å²) in [7, 11) is 0. The van der Waals surface area contributed by atoms with Gasteiger partial charge < -0.3 is 9.84 Å². The van der Waals surface area contributed by atoms with E-state index in [2.05, 4.69) is 15.9 Å². The van der Waals surface area contributed by atoms with Gasteiger partial charge in [0.1, 0.15) is 0 Å². The van der Waals surface area contributed by atoms with E-state index < -0.39 is 5.79 Å². The average Bonchev–Trinajstić information content (AvgIpc) is 1.86. The summed E-state index contributed by atoms with van der Waals surface area (Å²) in [4.78, 5) is 0.106. The molecule has 1 N–H and O–H groups in total. The summed E-state index contributed by atoms with van der Waals surface area (Å²) in [5.41, 5.74) is 0. The van der Waals surface area contributed by atoms with Gasteiger partial charge in [-0.2, -0.15) is 0 Å². The first-order valence-electron chi connectivity index (χ1n) is 2.63. The van der Waals surface area contributed by atoms with E-state index >= 15 is 0 Å². The van der Waals surface area contributed by atoms with E-state index in [1.54, 1.807) is 6.92 Å². The van der Waals surface area contributed by atoms with Crippen molar-refractivity contribution in [1.29, 1.82) is 0 Å². The molecule has 0 spiro atoms. The highest BCUT2D eigenvalue weighted by Gasteiger charge is 2.35. The van der Waals surface area contributed by atoms with Crippen LogP contribution in [0.25, 0.3) is 0 Å². The van der Waals surface area contributed by atoms with E-state index in [4.69, 9.17) is 4.74 Å². The highest BCUT2D eigenvalue weighted by atomic mass is 79.9. The van der Waals surface area contributed by atoms with Crippen molar-refractivity contribution in [3.8, 4) is 0 Å². The minimum Gasteiger partial charge on any atom is -0.365 e. The Labute approximate surface area is 57.0 Å². The van der Waals surface area contributed by atoms with Gasteiger partial charge in [0.2, 0.25) is 0 Å². The van der Waals surface area contributed by atoms with Crippen molar-refractivity contribution in [1.82, 2.24) is 0 Å². The lowest BCUT2D eigenvalue weighted by molar-refractivity contribution is -0.151. The van der Waals surface area contributed by atoms with Crippen molar-refractivity contribution in [3.05, 3.63) is 0 Å². The minimum atomic E-state index is -0.931. The smallest absolute Gasteiger partial charge is 0.175 e. The molecule has 1 heterocycles. The molecular weight excluding hydrogens is 172 g/mol. The van der Waals surface area contributed by atoms with Crippen LogP contribution >= 0.6 is 15.9 Å². The Balaban J connectivity index is 2.54. The Bertz CT molecular complexity index is 92.4. The van der Waals surface area contributed by atoms with Crippen LogP contribution in [0.5, 0.6) is 0 Å². The molecule has 2 nitrogen and oxygen atoms in total. The second-order valence-electron chi connectivity index (χ2n) is 2.16. The standard InChI is InChI=1S/C5H9BrO2/c1-5(7)4(6)2-3-8-5/h4,7H,2-3H2,1H3. The predicted octanol–water partition coefficient (Wildman–Crippen LogP) is 0.879. The topological polar surface area (TPSA) is 29.5 Å². The Hall–Kier alpha value is 0.400. The first kappa shape index (κ1) is 6.52. The predicted molar refractivity (Wildman–Crippen MR) is 33.9 cm³/mol. The molecule has 0 aromatic heterocycles. The average molecular weight is 181 g/mol. The summed E-state index contributed by atoms with van der Waals surface area (Å²) in [5.74, 6) is -0.931. The lowest BCUT2D eigenvalue weighted by atomic mass is 10.2. The molecule has 2 atom stereocenters. The third kappa shape index (κ3) is 1.04. The Morgan fingerprint density at radius 1 is 1.88 bits per heavy atom. The number of rotatable bonds is 0. The van der Waals surface area contributed by atoms with Crippen molar-refractivity contribution in [3.63, 3.8) is 0 Å². The van der Waals surface area contributed by atoms with Gasteiger partial charge >= 0.3 is 0 Å². The van der Waals surface area contributed by atoms with Gasteiger partial charge in [-0.1, -0.05) is 15.9 Å². The van der Waals surface area contributed by atoms with Crippen LogP contribution in [0.2, 0.25) is 0 Å². The molecule has 48 valence electrons. The fourth-order valence-electron chi connectivity index (χ4n) is 0.727. The molecule has 8 heavy (non-hydrogen) atoms. The molecule has 0 bridgehead atoms. The van der Waals surface area contributed by atoms with E-state index in [9.17, 15) is 5.11 Å². The van der Waals surface area contributed by atoms with Crippen molar-refractivity contribution < 1.29 is 9.84 Å². The van der Waals surface area contributed by atoms with Crippen LogP contribution in [-0.4, -0.2) is 22.3 Å². The number of ether oxygens (including phenoxy) is 1. The summed E-state index contributed by atoms with van der Waals surface area (Å²) in [6, 6.07) is 0. The molecule has 1 aliphatic heterocycles. The SMILES string of the molecule is CC1(O)OCCC1Br. The molecule has 0 aliphatic carbocycles. The van der Waals surface area contributed by atoms with E-state index in [1.807, 2.05) is 0 Å². The number of hydrogen-bond acceptors (Lipinski definition) is 2. The zero-order valence-corrected chi connectivity index (χ0v) is 6.31. The Morgan fingerprint density at radius 3 is 2.62 bits per heavy atom. The van der Waals surface area contributed by atoms with E-state index in [0.717, 1.165) is 6.42 Å². The zero-order valence-electron chi connectivity index (χ0n) is 4.72. The van der Waals surface area contributed by atoms with Gasteiger partial charge in [0, 0.05) is 0 Å². The number of halogens is 1. The second-order valence-corrected chi connectivity index (χ2v) is 3.26. The van der Waals surface area contributed by atoms with Crippen LogP contribution in [0.15, 0.2) is 0 Å². The largest absolute Gasteiger partial charge is 0.365 e. The molecule has 0 radical (unpaired) electrons. The maximum absolute atomic E-state index is 9.19. The van der Waals surface area contributed by atoms with Crippen molar-refractivity contribution in [2.45, 2.75) is 24.0 Å². The lowest BCUT2D eigenvalue weighted by Crippen LogP contribution is -2.30. The summed E-state index contributed by atoms with van der Waals surface area (Å²) < 4.78 is 4.96. The summed E-state index contributed by atoms with van der Waals surface area (Å²) >= 11 is 3.28.